The molecule has 0 heterocycles. The highest BCUT2D eigenvalue weighted by molar-refractivity contribution is 7.79. The topological polar surface area (TPSA) is 258 Å². The number of guanidine groups is 2. The van der Waals surface area contributed by atoms with Gasteiger partial charge in [-0.3, -0.25) is 19.6 Å². The standard InChI is InChI=1S/C26H48N10O4S2.4ClH/c27-19(5-1-3-7-35-25(29)30)23(37)33-9-11-39-21-13-17(15-41)18(16-42)14-22(21)40-12-10-34-24(38)20(28)6-2-4-8-36-26(31)32;;;;/h13-14,19-20,41-42H,1-12,15-16,27-28H2,(H,33,37)(H,34,38)(H4,29,30,35)(H4,31,32,36);4*1H/t19-,20-;;;;/m1..../s1. The number of nitrogens with two attached hydrogens (primary N) is 6. The predicted molar refractivity (Wildman–Crippen MR) is 203 cm³/mol. The van der Waals surface area contributed by atoms with Crippen molar-refractivity contribution >= 4 is 98.6 Å². The van der Waals surface area contributed by atoms with Crippen molar-refractivity contribution in [3.63, 3.8) is 0 Å². The van der Waals surface area contributed by atoms with Crippen molar-refractivity contribution in [1.29, 1.82) is 0 Å². The fraction of sp³-hybridized carbons (Fsp3) is 0.615. The van der Waals surface area contributed by atoms with Gasteiger partial charge in [0.25, 0.3) is 0 Å². The zero-order valence-electron chi connectivity index (χ0n) is 25.7. The molecule has 0 aromatic heterocycles. The van der Waals surface area contributed by atoms with Gasteiger partial charge < -0.3 is 54.5 Å². The Morgan fingerprint density at radius 1 is 0.674 bits per heavy atom. The molecule has 0 bridgehead atoms. The second-order valence-electron chi connectivity index (χ2n) is 9.48. The lowest BCUT2D eigenvalue weighted by molar-refractivity contribution is -0.123. The third-order valence-corrected chi connectivity index (χ3v) is 6.71. The van der Waals surface area contributed by atoms with E-state index < -0.39 is 12.1 Å². The van der Waals surface area contributed by atoms with Crippen LogP contribution in [-0.2, 0) is 21.1 Å². The van der Waals surface area contributed by atoms with E-state index >= 15 is 0 Å². The molecule has 46 heavy (non-hydrogen) atoms. The molecule has 14 N–H and O–H groups in total. The van der Waals surface area contributed by atoms with Crippen LogP contribution >= 0.6 is 74.9 Å². The maximum atomic E-state index is 12.3. The zero-order valence-corrected chi connectivity index (χ0v) is 30.8. The maximum absolute atomic E-state index is 12.3. The molecule has 1 rings (SSSR count). The molecule has 20 heteroatoms. The van der Waals surface area contributed by atoms with Gasteiger partial charge in [-0.2, -0.15) is 25.3 Å². The number of rotatable bonds is 22. The van der Waals surface area contributed by atoms with Gasteiger partial charge in [-0.1, -0.05) is 0 Å². The summed E-state index contributed by atoms with van der Waals surface area (Å²) in [5, 5.41) is 5.57. The van der Waals surface area contributed by atoms with E-state index in [4.69, 9.17) is 43.9 Å². The molecule has 14 nitrogen and oxygen atoms in total. The third kappa shape index (κ3) is 22.6. The van der Waals surface area contributed by atoms with Gasteiger partial charge in [0, 0.05) is 24.6 Å². The summed E-state index contributed by atoms with van der Waals surface area (Å²) in [7, 11) is 0. The molecule has 0 aliphatic rings. The minimum Gasteiger partial charge on any atom is -0.488 e. The lowest BCUT2D eigenvalue weighted by Crippen LogP contribution is -2.42. The normalized spacial score (nSPS) is 11.0. The molecule has 270 valence electrons. The van der Waals surface area contributed by atoms with Crippen molar-refractivity contribution in [1.82, 2.24) is 10.6 Å². The predicted octanol–water partition coefficient (Wildman–Crippen LogP) is 0.765. The van der Waals surface area contributed by atoms with Gasteiger partial charge in [0.05, 0.1) is 25.2 Å². The van der Waals surface area contributed by atoms with Gasteiger partial charge in [-0.15, -0.1) is 49.6 Å². The van der Waals surface area contributed by atoms with E-state index in [9.17, 15) is 9.59 Å². The number of carbonyl (C=O) groups excluding carboxylic acids is 2. The van der Waals surface area contributed by atoms with Crippen molar-refractivity contribution in [3.05, 3.63) is 23.3 Å². The Labute approximate surface area is 307 Å². The molecule has 0 saturated heterocycles. The van der Waals surface area contributed by atoms with Gasteiger partial charge in [0.2, 0.25) is 11.8 Å². The summed E-state index contributed by atoms with van der Waals surface area (Å²) in [4.78, 5) is 32.4. The van der Waals surface area contributed by atoms with Crippen LogP contribution in [-0.4, -0.2) is 75.2 Å². The first-order valence-electron chi connectivity index (χ1n) is 13.9. The largest absolute Gasteiger partial charge is 0.488 e. The number of hydrogen-bond acceptors (Lipinski definition) is 10. The number of nitrogens with zero attached hydrogens (tertiary/aromatic N) is 2. The third-order valence-electron chi connectivity index (χ3n) is 6.03. The molecule has 0 aliphatic heterocycles. The fourth-order valence-corrected chi connectivity index (χ4v) is 4.32. The van der Waals surface area contributed by atoms with Crippen LogP contribution in [0.4, 0.5) is 0 Å². The maximum Gasteiger partial charge on any atom is 0.237 e. The highest BCUT2D eigenvalue weighted by Gasteiger charge is 2.15. The molecule has 0 saturated carbocycles. The molecule has 2 amide bonds. The van der Waals surface area contributed by atoms with Crippen LogP contribution in [0.25, 0.3) is 0 Å². The SMILES string of the molecule is Cl.Cl.Cl.Cl.NC(N)=NCCCC[C@@H](N)C(=O)NCCOc1cc(CS)c(CS)cc1OCCNC(=O)[C@H](N)CCCCN=C(N)N. The van der Waals surface area contributed by atoms with E-state index in [-0.39, 0.29) is 99.7 Å². The Kier molecular flexibility index (Phi) is 33.7. The quantitative estimate of drug-likeness (QED) is 0.0343. The summed E-state index contributed by atoms with van der Waals surface area (Å²) in [6.07, 6.45) is 3.95. The fourth-order valence-electron chi connectivity index (χ4n) is 3.73. The average Bonchev–Trinajstić information content (AvgIpc) is 2.96. The van der Waals surface area contributed by atoms with E-state index in [1.807, 2.05) is 12.1 Å². The Morgan fingerprint density at radius 3 is 1.33 bits per heavy atom. The van der Waals surface area contributed by atoms with Crippen molar-refractivity contribution < 1.29 is 19.1 Å². The first kappa shape index (κ1) is 50.9. The van der Waals surface area contributed by atoms with Gasteiger partial charge >= 0.3 is 0 Å². The Hall–Kier alpha value is -1.92. The Bertz CT molecular complexity index is 962. The number of thiol groups is 2. The molecular weight excluding hydrogens is 722 g/mol. The summed E-state index contributed by atoms with van der Waals surface area (Å²) in [5.41, 5.74) is 35.0. The van der Waals surface area contributed by atoms with Crippen molar-refractivity contribution in [2.75, 3.05) is 39.4 Å². The molecule has 0 unspecified atom stereocenters. The molecule has 0 fully saturated rings. The van der Waals surface area contributed by atoms with E-state index in [0.717, 1.165) is 36.8 Å². The van der Waals surface area contributed by atoms with Crippen molar-refractivity contribution in [2.24, 2.45) is 44.4 Å². The second-order valence-corrected chi connectivity index (χ2v) is 10.1. The summed E-state index contributed by atoms with van der Waals surface area (Å²) in [5.74, 6) is 1.52. The number of hydrogen-bond donors (Lipinski definition) is 10. The van der Waals surface area contributed by atoms with E-state index in [2.05, 4.69) is 45.9 Å². The zero-order chi connectivity index (χ0) is 31.3. The van der Waals surface area contributed by atoms with Crippen LogP contribution in [0.3, 0.4) is 0 Å². The molecular formula is C26H52Cl4N10O4S2. The second kappa shape index (κ2) is 30.4. The van der Waals surface area contributed by atoms with Crippen molar-refractivity contribution in [3.8, 4) is 11.5 Å². The van der Waals surface area contributed by atoms with E-state index in [0.29, 0.717) is 48.9 Å². The van der Waals surface area contributed by atoms with Crippen LogP contribution < -0.4 is 54.5 Å². The number of amides is 2. The van der Waals surface area contributed by atoms with Crippen LogP contribution in [0.15, 0.2) is 22.1 Å². The van der Waals surface area contributed by atoms with Crippen LogP contribution in [0, 0.1) is 0 Å². The molecule has 0 spiro atoms. The van der Waals surface area contributed by atoms with Crippen LogP contribution in [0.5, 0.6) is 11.5 Å². The first-order valence-corrected chi connectivity index (χ1v) is 15.2. The number of carbonyl (C=O) groups is 2. The molecule has 1 aromatic rings. The highest BCUT2D eigenvalue weighted by atomic mass is 35.5. The molecule has 1 aromatic carbocycles. The highest BCUT2D eigenvalue weighted by Crippen LogP contribution is 2.32. The van der Waals surface area contributed by atoms with Gasteiger partial charge in [-0.05, 0) is 61.8 Å². The summed E-state index contributed by atoms with van der Waals surface area (Å²) in [6.45, 7) is 1.89. The van der Waals surface area contributed by atoms with E-state index in [1.165, 1.54) is 0 Å². The van der Waals surface area contributed by atoms with Gasteiger partial charge in [-0.25, -0.2) is 0 Å². The molecule has 0 aliphatic carbocycles. The lowest BCUT2D eigenvalue weighted by Gasteiger charge is -2.18. The number of ether oxygens (including phenoxy) is 2. The first-order chi connectivity index (χ1) is 20.1. The monoisotopic (exact) mass is 772 g/mol. The Balaban J connectivity index is -0.00000220. The summed E-state index contributed by atoms with van der Waals surface area (Å²) in [6, 6.07) is 2.41. The van der Waals surface area contributed by atoms with E-state index in [1.54, 1.807) is 0 Å². The van der Waals surface area contributed by atoms with Crippen molar-refractivity contribution in [2.45, 2.75) is 62.1 Å². The minimum absolute atomic E-state index is 0. The number of nitrogens with one attached hydrogen (secondary N) is 2. The van der Waals surface area contributed by atoms with Crippen LogP contribution in [0.1, 0.15) is 49.7 Å². The number of aliphatic imine (C=N–C) groups is 2. The number of benzene rings is 1. The number of unbranched alkanes of at least 4 members (excludes halogenated alkanes) is 2. The lowest BCUT2D eigenvalue weighted by atomic mass is 10.1. The molecule has 0 radical (unpaired) electrons. The van der Waals surface area contributed by atoms with Crippen LogP contribution in [0.2, 0.25) is 0 Å². The number of halogens is 4. The summed E-state index contributed by atoms with van der Waals surface area (Å²) < 4.78 is 11.9. The van der Waals surface area contributed by atoms with Gasteiger partial charge in [0.1, 0.15) is 13.2 Å². The minimum atomic E-state index is -0.637. The smallest absolute Gasteiger partial charge is 0.237 e. The van der Waals surface area contributed by atoms with Gasteiger partial charge in [0.15, 0.2) is 23.4 Å². The Morgan fingerprint density at radius 2 is 1.02 bits per heavy atom. The molecule has 2 atom stereocenters. The summed E-state index contributed by atoms with van der Waals surface area (Å²) >= 11 is 8.80. The average molecular weight is 775 g/mol.